The van der Waals surface area contributed by atoms with Crippen LogP contribution in [0.2, 0.25) is 0 Å². The third kappa shape index (κ3) is 2.51. The third-order valence-corrected chi connectivity index (χ3v) is 2.71. The normalized spacial score (nSPS) is 15.8. The molecule has 0 aromatic heterocycles. The molecule has 0 atom stereocenters. The minimum absolute atomic E-state index is 0.0775. The van der Waals surface area contributed by atoms with Crippen LogP contribution in [0.4, 0.5) is 0 Å². The maximum atomic E-state index is 11.6. The van der Waals surface area contributed by atoms with Gasteiger partial charge in [0.15, 0.2) is 11.5 Å². The predicted octanol–water partition coefficient (Wildman–Crippen LogP) is 0.498. The van der Waals surface area contributed by atoms with E-state index < -0.39 is 0 Å². The molecule has 1 amide bonds. The lowest BCUT2D eigenvalue weighted by atomic mass is 10.1. The van der Waals surface area contributed by atoms with Gasteiger partial charge in [0.2, 0.25) is 11.7 Å². The first-order chi connectivity index (χ1) is 9.58. The monoisotopic (exact) mass is 277 g/mol. The molecule has 0 fully saturated rings. The Bertz CT molecular complexity index is 583. The van der Waals surface area contributed by atoms with E-state index in [4.69, 9.17) is 19.9 Å². The minimum atomic E-state index is -0.351. The van der Waals surface area contributed by atoms with Crippen LogP contribution >= 0.6 is 0 Å². The predicted molar refractivity (Wildman–Crippen MR) is 73.8 cm³/mol. The summed E-state index contributed by atoms with van der Waals surface area (Å²) in [6, 6.07) is 3.43. The highest BCUT2D eigenvalue weighted by Crippen LogP contribution is 2.38. The number of hydrogen-bond acceptors (Lipinski definition) is 6. The molecular weight excluding hydrogens is 262 g/mol. The van der Waals surface area contributed by atoms with Crippen molar-refractivity contribution in [2.75, 3.05) is 21.3 Å². The molecule has 1 heterocycles. The molecule has 0 spiro atoms. The van der Waals surface area contributed by atoms with Gasteiger partial charge in [0, 0.05) is 0 Å². The van der Waals surface area contributed by atoms with E-state index in [1.54, 1.807) is 18.2 Å². The average molecular weight is 277 g/mol. The molecule has 7 heteroatoms. The second kappa shape index (κ2) is 5.52. The lowest BCUT2D eigenvalue weighted by Gasteiger charge is -2.12. The van der Waals surface area contributed by atoms with Gasteiger partial charge in [0.1, 0.15) is 5.70 Å². The number of nitrogens with two attached hydrogens (primary N) is 1. The number of carbonyl (C=O) groups is 1. The molecule has 0 radical (unpaired) electrons. The summed E-state index contributed by atoms with van der Waals surface area (Å²) in [7, 11) is 4.56. The number of nitrogens with one attached hydrogen (secondary N) is 1. The van der Waals surface area contributed by atoms with E-state index in [-0.39, 0.29) is 17.6 Å². The number of hydrogen-bond donors (Lipinski definition) is 2. The summed E-state index contributed by atoms with van der Waals surface area (Å²) in [5.74, 6) is 1.20. The summed E-state index contributed by atoms with van der Waals surface area (Å²) in [4.78, 5) is 15.5. The van der Waals surface area contributed by atoms with Crippen molar-refractivity contribution >= 4 is 17.9 Å². The number of rotatable bonds is 4. The van der Waals surface area contributed by atoms with Crippen molar-refractivity contribution in [3.63, 3.8) is 0 Å². The van der Waals surface area contributed by atoms with Crippen molar-refractivity contribution in [1.29, 1.82) is 0 Å². The van der Waals surface area contributed by atoms with Gasteiger partial charge in [-0.25, -0.2) is 4.99 Å². The molecule has 1 aromatic rings. The second-order valence-electron chi connectivity index (χ2n) is 3.94. The van der Waals surface area contributed by atoms with E-state index in [9.17, 15) is 4.79 Å². The van der Waals surface area contributed by atoms with E-state index in [1.807, 2.05) is 0 Å². The molecule has 1 aliphatic heterocycles. The quantitative estimate of drug-likeness (QED) is 0.781. The van der Waals surface area contributed by atoms with Crippen LogP contribution in [0.3, 0.4) is 0 Å². The number of benzene rings is 1. The molecule has 0 saturated heterocycles. The van der Waals surface area contributed by atoms with Crippen LogP contribution in [0.5, 0.6) is 17.2 Å². The first-order valence-corrected chi connectivity index (χ1v) is 5.76. The molecular formula is C13H15N3O4. The van der Waals surface area contributed by atoms with E-state index in [2.05, 4.69) is 10.3 Å². The smallest absolute Gasteiger partial charge is 0.276 e. The van der Waals surface area contributed by atoms with Crippen molar-refractivity contribution in [1.82, 2.24) is 5.32 Å². The first kappa shape index (κ1) is 13.7. The molecule has 7 nitrogen and oxygen atoms in total. The van der Waals surface area contributed by atoms with Gasteiger partial charge < -0.3 is 19.9 Å². The molecule has 106 valence electrons. The van der Waals surface area contributed by atoms with Crippen molar-refractivity contribution in [3.8, 4) is 17.2 Å². The fourth-order valence-corrected chi connectivity index (χ4v) is 1.83. The zero-order chi connectivity index (χ0) is 14.7. The van der Waals surface area contributed by atoms with Gasteiger partial charge in [-0.2, -0.15) is 0 Å². The van der Waals surface area contributed by atoms with Crippen LogP contribution < -0.4 is 25.3 Å². The molecule has 0 bridgehead atoms. The standard InChI is InChI=1S/C13H15N3O4/c1-18-9-5-7(6-10(19-2)11(9)20-3)4-8-12(17)16-13(14)15-8/h4-6H,1-3H3,(H3,14,15,16,17)/b8-4-. The van der Waals surface area contributed by atoms with Gasteiger partial charge in [-0.3, -0.25) is 10.1 Å². The lowest BCUT2D eigenvalue weighted by molar-refractivity contribution is -0.115. The fraction of sp³-hybridized carbons (Fsp3) is 0.231. The van der Waals surface area contributed by atoms with Gasteiger partial charge >= 0.3 is 0 Å². The van der Waals surface area contributed by atoms with Gasteiger partial charge in [-0.1, -0.05) is 0 Å². The van der Waals surface area contributed by atoms with Crippen molar-refractivity contribution in [2.24, 2.45) is 10.7 Å². The molecule has 2 rings (SSSR count). The number of aliphatic imine (C=N–C) groups is 1. The Labute approximate surface area is 116 Å². The van der Waals surface area contributed by atoms with Crippen molar-refractivity contribution < 1.29 is 19.0 Å². The zero-order valence-corrected chi connectivity index (χ0v) is 11.4. The van der Waals surface area contributed by atoms with Gasteiger partial charge in [0.25, 0.3) is 5.91 Å². The number of guanidine groups is 1. The number of ether oxygens (including phenoxy) is 3. The van der Waals surface area contributed by atoms with E-state index in [1.165, 1.54) is 21.3 Å². The Morgan fingerprint density at radius 3 is 2.15 bits per heavy atom. The molecule has 1 aliphatic rings. The largest absolute Gasteiger partial charge is 0.493 e. The van der Waals surface area contributed by atoms with Crippen LogP contribution in [0.15, 0.2) is 22.8 Å². The number of carbonyl (C=O) groups excluding carboxylic acids is 1. The van der Waals surface area contributed by atoms with Gasteiger partial charge in [-0.05, 0) is 23.8 Å². The van der Waals surface area contributed by atoms with Crippen molar-refractivity contribution in [2.45, 2.75) is 0 Å². The topological polar surface area (TPSA) is 95.2 Å². The molecule has 1 aromatic carbocycles. The molecule has 0 aliphatic carbocycles. The second-order valence-corrected chi connectivity index (χ2v) is 3.94. The number of methoxy groups -OCH3 is 3. The number of amides is 1. The summed E-state index contributed by atoms with van der Waals surface area (Å²) in [6.07, 6.45) is 1.58. The van der Waals surface area contributed by atoms with E-state index >= 15 is 0 Å². The highest BCUT2D eigenvalue weighted by molar-refractivity contribution is 6.13. The molecule has 0 saturated carbocycles. The Kier molecular flexibility index (Phi) is 3.79. The maximum Gasteiger partial charge on any atom is 0.276 e. The summed E-state index contributed by atoms with van der Waals surface area (Å²) < 4.78 is 15.7. The average Bonchev–Trinajstić information content (AvgIpc) is 2.75. The third-order valence-electron chi connectivity index (χ3n) is 2.71. The maximum absolute atomic E-state index is 11.6. The Morgan fingerprint density at radius 2 is 1.75 bits per heavy atom. The highest BCUT2D eigenvalue weighted by Gasteiger charge is 2.19. The van der Waals surface area contributed by atoms with Crippen LogP contribution in [-0.4, -0.2) is 33.2 Å². The Balaban J connectivity index is 2.48. The Morgan fingerprint density at radius 1 is 1.15 bits per heavy atom. The Hall–Kier alpha value is -2.70. The summed E-state index contributed by atoms with van der Waals surface area (Å²) in [5, 5.41) is 2.40. The van der Waals surface area contributed by atoms with Crippen LogP contribution in [0, 0.1) is 0 Å². The lowest BCUT2D eigenvalue weighted by Crippen LogP contribution is -2.30. The van der Waals surface area contributed by atoms with Crippen LogP contribution in [0.1, 0.15) is 5.56 Å². The summed E-state index contributed by atoms with van der Waals surface area (Å²) in [5.41, 5.74) is 6.34. The summed E-state index contributed by atoms with van der Waals surface area (Å²) in [6.45, 7) is 0. The van der Waals surface area contributed by atoms with Gasteiger partial charge in [0.05, 0.1) is 21.3 Å². The number of nitrogens with zero attached hydrogens (tertiary/aromatic N) is 1. The minimum Gasteiger partial charge on any atom is -0.493 e. The van der Waals surface area contributed by atoms with Crippen molar-refractivity contribution in [3.05, 3.63) is 23.4 Å². The van der Waals surface area contributed by atoms with E-state index in [0.717, 1.165) is 0 Å². The molecule has 0 unspecified atom stereocenters. The molecule has 20 heavy (non-hydrogen) atoms. The van der Waals surface area contributed by atoms with Gasteiger partial charge in [-0.15, -0.1) is 0 Å². The van der Waals surface area contributed by atoms with Crippen LogP contribution in [-0.2, 0) is 4.79 Å². The molecule has 3 N–H and O–H groups in total. The van der Waals surface area contributed by atoms with Crippen LogP contribution in [0.25, 0.3) is 6.08 Å². The van der Waals surface area contributed by atoms with E-state index in [0.29, 0.717) is 22.8 Å². The highest BCUT2D eigenvalue weighted by atomic mass is 16.5. The SMILES string of the molecule is COc1cc(/C=C2\N=C(N)NC2=O)cc(OC)c1OC. The fourth-order valence-electron chi connectivity index (χ4n) is 1.83. The first-order valence-electron chi connectivity index (χ1n) is 5.76. The summed E-state index contributed by atoms with van der Waals surface area (Å²) >= 11 is 0. The zero-order valence-electron chi connectivity index (χ0n) is 11.4.